The number of nitrogens with zero attached hydrogens (tertiary/aromatic N) is 8. The van der Waals surface area contributed by atoms with Crippen LogP contribution in [0.2, 0.25) is 0 Å². The lowest BCUT2D eigenvalue weighted by Gasteiger charge is -2.41. The Labute approximate surface area is 289 Å². The van der Waals surface area contributed by atoms with Crippen molar-refractivity contribution in [3.63, 3.8) is 0 Å². The number of morpholine rings is 1. The standard InChI is InChI=1S/C35H44FN9O3S/c1-20(46)11-45-24-5-6-25(45)16-43(15-24)34-40-32-29(33(41-34)47-18-35(8-9-35)17-42-12-21(2)48-22(3)13-42)39-19-44(32)14-23-4-7-27(36)30-28(23)26(10-37)31(38)49-30/h4,7,19-22,24-25,46H,5-6,8-9,11-18,38H2,1-3H3/t20?,21-,22+,24-,25+. The zero-order valence-electron chi connectivity index (χ0n) is 28.3. The molecule has 3 N–H and O–H groups in total. The van der Waals surface area contributed by atoms with Crippen LogP contribution < -0.4 is 15.4 Å². The molecule has 5 atom stereocenters. The molecule has 1 unspecified atom stereocenters. The highest BCUT2D eigenvalue weighted by molar-refractivity contribution is 7.23. The molecule has 4 aromatic rings. The average Bonchev–Trinajstić information content (AvgIpc) is 3.46. The lowest BCUT2D eigenvalue weighted by atomic mass is 10.1. The summed E-state index contributed by atoms with van der Waals surface area (Å²) in [5, 5.41) is 20.9. The second-order valence-electron chi connectivity index (χ2n) is 14.8. The van der Waals surface area contributed by atoms with Crippen LogP contribution in [-0.4, -0.2) is 111 Å². The van der Waals surface area contributed by atoms with Crippen molar-refractivity contribution in [2.75, 3.05) is 56.5 Å². The van der Waals surface area contributed by atoms with Crippen LogP contribution in [0.25, 0.3) is 21.3 Å². The number of nitrogens with two attached hydrogens (primary N) is 1. The van der Waals surface area contributed by atoms with Gasteiger partial charge in [0.05, 0.1) is 48.1 Å². The third-order valence-corrected chi connectivity index (χ3v) is 11.7. The Bertz CT molecular complexity index is 1900. The van der Waals surface area contributed by atoms with Gasteiger partial charge < -0.3 is 29.8 Å². The second-order valence-corrected chi connectivity index (χ2v) is 15.9. The Morgan fingerprint density at radius 2 is 1.90 bits per heavy atom. The normalized spacial score (nSPS) is 26.0. The summed E-state index contributed by atoms with van der Waals surface area (Å²) in [7, 11) is 0. The molecule has 3 saturated heterocycles. The van der Waals surface area contributed by atoms with E-state index in [0.29, 0.717) is 75.4 Å². The van der Waals surface area contributed by atoms with Gasteiger partial charge in [-0.15, -0.1) is 11.3 Å². The molecular weight excluding hydrogens is 646 g/mol. The molecule has 0 amide bonds. The SMILES string of the molecule is CC(O)CN1[C@@H]2CC[C@H]1CN(c1nc(OCC3(CN4C[C@@H](C)O[C@@H](C)C4)CC3)c3ncn(Cc4ccc(F)c5sc(N)c(C#N)c45)c3n1)C2. The highest BCUT2D eigenvalue weighted by atomic mass is 32.1. The fourth-order valence-electron chi connectivity index (χ4n) is 8.34. The van der Waals surface area contributed by atoms with Crippen molar-refractivity contribution in [3.05, 3.63) is 35.4 Å². The highest BCUT2D eigenvalue weighted by Crippen LogP contribution is 2.47. The van der Waals surface area contributed by atoms with Crippen molar-refractivity contribution in [1.29, 1.82) is 5.26 Å². The summed E-state index contributed by atoms with van der Waals surface area (Å²) in [4.78, 5) is 22.1. The average molecular weight is 690 g/mol. The Morgan fingerprint density at radius 3 is 2.57 bits per heavy atom. The number of aromatic nitrogens is 4. The predicted octanol–water partition coefficient (Wildman–Crippen LogP) is 3.98. The third-order valence-electron chi connectivity index (χ3n) is 10.7. The molecule has 2 bridgehead atoms. The number of hydrogen-bond donors (Lipinski definition) is 2. The van der Waals surface area contributed by atoms with Gasteiger partial charge in [0.1, 0.15) is 16.9 Å². The zero-order valence-corrected chi connectivity index (χ0v) is 29.1. The summed E-state index contributed by atoms with van der Waals surface area (Å²) < 4.78 is 29.8. The van der Waals surface area contributed by atoms with Crippen LogP contribution in [0, 0.1) is 22.6 Å². The maximum atomic E-state index is 14.8. The molecule has 4 fully saturated rings. The molecule has 1 aliphatic carbocycles. The number of aliphatic hydroxyl groups is 1. The summed E-state index contributed by atoms with van der Waals surface area (Å²) in [6.45, 7) is 12.0. The summed E-state index contributed by atoms with van der Waals surface area (Å²) in [6.07, 6.45) is 6.11. The number of benzene rings is 1. The van der Waals surface area contributed by atoms with Crippen molar-refractivity contribution in [1.82, 2.24) is 29.3 Å². The Kier molecular flexibility index (Phi) is 8.39. The number of nitriles is 1. The molecule has 12 nitrogen and oxygen atoms in total. The lowest BCUT2D eigenvalue weighted by Crippen LogP contribution is -2.55. The van der Waals surface area contributed by atoms with Crippen molar-refractivity contribution in [2.24, 2.45) is 5.41 Å². The van der Waals surface area contributed by atoms with E-state index in [9.17, 15) is 14.8 Å². The largest absolute Gasteiger partial charge is 0.475 e. The first kappa shape index (κ1) is 32.6. The number of fused-ring (bicyclic) bond motifs is 4. The van der Waals surface area contributed by atoms with Crippen LogP contribution in [0.1, 0.15) is 57.6 Å². The van der Waals surface area contributed by atoms with E-state index in [1.165, 1.54) is 6.07 Å². The number of thiophene rings is 1. The molecule has 1 aromatic carbocycles. The van der Waals surface area contributed by atoms with Gasteiger partial charge in [0.15, 0.2) is 11.2 Å². The number of anilines is 2. The van der Waals surface area contributed by atoms with E-state index in [0.717, 1.165) is 75.3 Å². The fourth-order valence-corrected chi connectivity index (χ4v) is 9.31. The minimum absolute atomic E-state index is 0.0643. The van der Waals surface area contributed by atoms with E-state index < -0.39 is 5.82 Å². The number of nitrogen functional groups attached to an aromatic ring is 1. The number of rotatable bonds is 10. The molecule has 6 heterocycles. The van der Waals surface area contributed by atoms with E-state index in [4.69, 9.17) is 30.2 Å². The van der Waals surface area contributed by atoms with Gasteiger partial charge in [0.2, 0.25) is 11.8 Å². The third kappa shape index (κ3) is 6.20. The van der Waals surface area contributed by atoms with Crippen LogP contribution in [0.3, 0.4) is 0 Å². The van der Waals surface area contributed by atoms with Crippen LogP contribution in [0.15, 0.2) is 18.5 Å². The van der Waals surface area contributed by atoms with Gasteiger partial charge >= 0.3 is 0 Å². The highest BCUT2D eigenvalue weighted by Gasteiger charge is 2.46. The topological polar surface area (TPSA) is 142 Å². The van der Waals surface area contributed by atoms with Gasteiger partial charge in [-0.3, -0.25) is 9.80 Å². The van der Waals surface area contributed by atoms with Crippen LogP contribution >= 0.6 is 11.3 Å². The predicted molar refractivity (Wildman–Crippen MR) is 186 cm³/mol. The van der Waals surface area contributed by atoms with Gasteiger partial charge in [-0.05, 0) is 58.1 Å². The Hall–Kier alpha value is -3.61. The summed E-state index contributed by atoms with van der Waals surface area (Å²) in [6, 6.07) is 5.94. The molecule has 14 heteroatoms. The first-order chi connectivity index (χ1) is 23.6. The minimum Gasteiger partial charge on any atom is -0.475 e. The number of imidazole rings is 1. The van der Waals surface area contributed by atoms with Crippen molar-refractivity contribution in [3.8, 4) is 11.9 Å². The molecule has 8 rings (SSSR count). The van der Waals surface area contributed by atoms with Gasteiger partial charge in [0.25, 0.3) is 0 Å². The van der Waals surface area contributed by atoms with E-state index in [2.05, 4.69) is 34.6 Å². The zero-order chi connectivity index (χ0) is 34.0. The number of aliphatic hydroxyl groups excluding tert-OH is 1. The van der Waals surface area contributed by atoms with Gasteiger partial charge in [-0.2, -0.15) is 15.2 Å². The minimum atomic E-state index is -0.396. The quantitative estimate of drug-likeness (QED) is 0.250. The van der Waals surface area contributed by atoms with Gasteiger partial charge in [-0.1, -0.05) is 6.07 Å². The number of ether oxygens (including phenoxy) is 2. The maximum Gasteiger partial charge on any atom is 0.247 e. The first-order valence-corrected chi connectivity index (χ1v) is 18.2. The molecule has 3 aliphatic heterocycles. The summed E-state index contributed by atoms with van der Waals surface area (Å²) in [5.74, 6) is 0.668. The Balaban J connectivity index is 1.12. The van der Waals surface area contributed by atoms with E-state index in [-0.39, 0.29) is 23.7 Å². The van der Waals surface area contributed by atoms with Gasteiger partial charge in [0, 0.05) is 62.2 Å². The summed E-state index contributed by atoms with van der Waals surface area (Å²) >= 11 is 1.09. The smallest absolute Gasteiger partial charge is 0.247 e. The number of piperazine rings is 1. The van der Waals surface area contributed by atoms with Crippen molar-refractivity contribution in [2.45, 2.75) is 83.4 Å². The molecule has 4 aliphatic rings. The van der Waals surface area contributed by atoms with Crippen LogP contribution in [0.5, 0.6) is 5.88 Å². The summed E-state index contributed by atoms with van der Waals surface area (Å²) in [5.41, 5.74) is 8.46. The van der Waals surface area contributed by atoms with Crippen LogP contribution in [0.4, 0.5) is 15.3 Å². The monoisotopic (exact) mass is 689 g/mol. The Morgan fingerprint density at radius 1 is 1.16 bits per heavy atom. The number of halogens is 1. The molecule has 3 aromatic heterocycles. The van der Waals surface area contributed by atoms with E-state index >= 15 is 0 Å². The first-order valence-electron chi connectivity index (χ1n) is 17.4. The van der Waals surface area contributed by atoms with E-state index in [1.54, 1.807) is 12.4 Å². The number of hydrogen-bond acceptors (Lipinski definition) is 12. The van der Waals surface area contributed by atoms with Crippen molar-refractivity contribution >= 4 is 43.5 Å². The molecule has 0 spiro atoms. The molecule has 49 heavy (non-hydrogen) atoms. The van der Waals surface area contributed by atoms with Crippen LogP contribution in [-0.2, 0) is 11.3 Å². The molecule has 260 valence electrons. The van der Waals surface area contributed by atoms with Crippen molar-refractivity contribution < 1.29 is 19.0 Å². The second kappa shape index (κ2) is 12.6. The lowest BCUT2D eigenvalue weighted by molar-refractivity contribution is -0.0740. The maximum absolute atomic E-state index is 14.8. The fraction of sp³-hybridized carbons (Fsp3) is 0.600. The molecule has 1 saturated carbocycles. The molecule has 0 radical (unpaired) electrons. The van der Waals surface area contributed by atoms with E-state index in [1.807, 2.05) is 11.5 Å². The van der Waals surface area contributed by atoms with Gasteiger partial charge in [-0.25, -0.2) is 9.37 Å². The molecular formula is C35H44FN9O3S.